The summed E-state index contributed by atoms with van der Waals surface area (Å²) in [7, 11) is 3.15. The number of hydrogen-bond donors (Lipinski definition) is 3. The van der Waals surface area contributed by atoms with Gasteiger partial charge in [-0.25, -0.2) is 4.79 Å². The molecule has 0 aliphatic rings. The highest BCUT2D eigenvalue weighted by molar-refractivity contribution is 5.93. The summed E-state index contributed by atoms with van der Waals surface area (Å²) in [5.41, 5.74) is 6.50. The van der Waals surface area contributed by atoms with Crippen LogP contribution >= 0.6 is 0 Å². The van der Waals surface area contributed by atoms with Gasteiger partial charge in [-0.2, -0.15) is 0 Å². The average Bonchev–Trinajstić information content (AvgIpc) is 2.39. The van der Waals surface area contributed by atoms with Crippen molar-refractivity contribution >= 4 is 17.6 Å². The molecule has 0 radical (unpaired) electrons. The van der Waals surface area contributed by atoms with E-state index in [1.165, 1.54) is 0 Å². The van der Waals surface area contributed by atoms with Gasteiger partial charge in [0, 0.05) is 36.3 Å². The molecule has 0 aliphatic heterocycles. The number of primary amides is 1. The number of carbonyl (C=O) groups is 2. The summed E-state index contributed by atoms with van der Waals surface area (Å²) in [5, 5.41) is 5.05. The van der Waals surface area contributed by atoms with E-state index in [9.17, 15) is 9.59 Å². The van der Waals surface area contributed by atoms with E-state index >= 15 is 0 Å². The molecular weight excluding hydrogens is 262 g/mol. The molecule has 0 heterocycles. The number of nitrogens with one attached hydrogen (secondary N) is 2. The van der Waals surface area contributed by atoms with Crippen LogP contribution in [0.3, 0.4) is 0 Å². The highest BCUT2D eigenvalue weighted by Crippen LogP contribution is 2.31. The molecule has 3 amide bonds. The Morgan fingerprint density at radius 1 is 1.20 bits per heavy atom. The lowest BCUT2D eigenvalue weighted by atomic mass is 10.1. The highest BCUT2D eigenvalue weighted by Gasteiger charge is 2.09. The third kappa shape index (κ3) is 4.34. The number of urea groups is 1. The highest BCUT2D eigenvalue weighted by atomic mass is 16.5. The summed E-state index contributed by atoms with van der Waals surface area (Å²) < 4.78 is 10.5. The van der Waals surface area contributed by atoms with Crippen LogP contribution in [0, 0.1) is 6.92 Å². The normalized spacial score (nSPS) is 9.75. The topological polar surface area (TPSA) is 103 Å². The number of ether oxygens (including phenoxy) is 2. The third-order valence-electron chi connectivity index (χ3n) is 2.70. The predicted octanol–water partition coefficient (Wildman–Crippen LogP) is 1.01. The number of imide groups is 1. The quantitative estimate of drug-likeness (QED) is 0.722. The molecule has 7 heteroatoms. The molecule has 0 aromatic heterocycles. The maximum absolute atomic E-state index is 11.2. The lowest BCUT2D eigenvalue weighted by Gasteiger charge is -2.13. The molecule has 7 nitrogen and oxygen atoms in total. The van der Waals surface area contributed by atoms with Gasteiger partial charge in [0.2, 0.25) is 5.91 Å². The summed E-state index contributed by atoms with van der Waals surface area (Å²) in [6, 6.07) is 2.77. The molecule has 0 spiro atoms. The Kier molecular flexibility index (Phi) is 5.64. The summed E-state index contributed by atoms with van der Waals surface area (Å²) in [4.78, 5) is 21.7. The molecule has 0 aliphatic carbocycles. The molecule has 1 rings (SSSR count). The Labute approximate surface area is 117 Å². The summed E-state index contributed by atoms with van der Waals surface area (Å²) in [6.07, 6.45) is 0.126. The van der Waals surface area contributed by atoms with Gasteiger partial charge < -0.3 is 20.5 Å². The molecule has 1 aromatic rings. The van der Waals surface area contributed by atoms with Crippen molar-refractivity contribution in [1.29, 1.82) is 0 Å². The van der Waals surface area contributed by atoms with Crippen molar-refractivity contribution in [3.63, 3.8) is 0 Å². The summed E-state index contributed by atoms with van der Waals surface area (Å²) >= 11 is 0. The van der Waals surface area contributed by atoms with E-state index in [4.69, 9.17) is 15.2 Å². The van der Waals surface area contributed by atoms with Gasteiger partial charge in [0.05, 0.1) is 14.2 Å². The van der Waals surface area contributed by atoms with Crippen LogP contribution in [0.1, 0.15) is 12.0 Å². The van der Waals surface area contributed by atoms with Gasteiger partial charge in [0.25, 0.3) is 0 Å². The van der Waals surface area contributed by atoms with E-state index in [1.807, 2.05) is 24.4 Å². The molecule has 0 atom stereocenters. The second-order valence-corrected chi connectivity index (χ2v) is 4.09. The van der Waals surface area contributed by atoms with Crippen LogP contribution in [0.2, 0.25) is 0 Å². The minimum Gasteiger partial charge on any atom is -0.496 e. The molecule has 0 fully saturated rings. The number of rotatable bonds is 6. The predicted molar refractivity (Wildman–Crippen MR) is 75.1 cm³/mol. The van der Waals surface area contributed by atoms with Gasteiger partial charge in [0.1, 0.15) is 11.5 Å². The Balaban J connectivity index is 2.64. The number of amides is 3. The molecule has 110 valence electrons. The molecule has 0 bridgehead atoms. The largest absolute Gasteiger partial charge is 0.496 e. The second kappa shape index (κ2) is 7.22. The fourth-order valence-corrected chi connectivity index (χ4v) is 1.71. The molecule has 20 heavy (non-hydrogen) atoms. The van der Waals surface area contributed by atoms with Crippen molar-refractivity contribution in [2.24, 2.45) is 5.73 Å². The Bertz CT molecular complexity index is 477. The Morgan fingerprint density at radius 2 is 1.75 bits per heavy atom. The van der Waals surface area contributed by atoms with E-state index in [-0.39, 0.29) is 6.42 Å². The lowest BCUT2D eigenvalue weighted by molar-refractivity contribution is -0.119. The molecule has 0 saturated carbocycles. The number of carbonyl (C=O) groups excluding carboxylic acids is 2. The maximum atomic E-state index is 11.2. The van der Waals surface area contributed by atoms with Crippen molar-refractivity contribution in [2.75, 3.05) is 26.1 Å². The maximum Gasteiger partial charge on any atom is 0.318 e. The molecule has 4 N–H and O–H groups in total. The molecular formula is C13H19N3O4. The first kappa shape index (κ1) is 15.6. The minimum atomic E-state index is -0.853. The number of hydrogen-bond acceptors (Lipinski definition) is 5. The SMILES string of the molecule is COc1cc(NCCC(=O)NC(N)=O)cc(OC)c1C. The molecule has 0 saturated heterocycles. The van der Waals surface area contributed by atoms with Gasteiger partial charge in [-0.15, -0.1) is 0 Å². The second-order valence-electron chi connectivity index (χ2n) is 4.09. The van der Waals surface area contributed by atoms with Crippen molar-refractivity contribution in [3.8, 4) is 11.5 Å². The average molecular weight is 281 g/mol. The van der Waals surface area contributed by atoms with Crippen LogP contribution in [-0.4, -0.2) is 32.7 Å². The molecule has 0 unspecified atom stereocenters. The van der Waals surface area contributed by atoms with Gasteiger partial charge in [-0.3, -0.25) is 10.1 Å². The third-order valence-corrected chi connectivity index (χ3v) is 2.70. The Morgan fingerprint density at radius 3 is 2.20 bits per heavy atom. The van der Waals surface area contributed by atoms with Crippen LogP contribution in [0.5, 0.6) is 11.5 Å². The standard InChI is InChI=1S/C13H19N3O4/c1-8-10(19-2)6-9(7-11(8)20-3)15-5-4-12(17)16-13(14)18/h6-7,15H,4-5H2,1-3H3,(H3,14,16,17,18). The first-order valence-corrected chi connectivity index (χ1v) is 6.03. The fraction of sp³-hybridized carbons (Fsp3) is 0.385. The minimum absolute atomic E-state index is 0.126. The number of nitrogens with two attached hydrogens (primary N) is 1. The van der Waals surface area contributed by atoms with Gasteiger partial charge >= 0.3 is 6.03 Å². The van der Waals surface area contributed by atoms with Crippen LogP contribution < -0.4 is 25.8 Å². The first-order valence-electron chi connectivity index (χ1n) is 6.03. The van der Waals surface area contributed by atoms with Gasteiger partial charge in [-0.05, 0) is 6.92 Å². The fourth-order valence-electron chi connectivity index (χ4n) is 1.71. The number of methoxy groups -OCH3 is 2. The summed E-state index contributed by atoms with van der Waals surface area (Å²) in [6.45, 7) is 2.25. The van der Waals surface area contributed by atoms with Crippen LogP contribution in [-0.2, 0) is 4.79 Å². The zero-order valence-electron chi connectivity index (χ0n) is 11.8. The van der Waals surface area contributed by atoms with Crippen molar-refractivity contribution in [3.05, 3.63) is 17.7 Å². The first-order chi connectivity index (χ1) is 9.47. The van der Waals surface area contributed by atoms with Crippen LogP contribution in [0.4, 0.5) is 10.5 Å². The monoisotopic (exact) mass is 281 g/mol. The van der Waals surface area contributed by atoms with Crippen molar-refractivity contribution in [2.45, 2.75) is 13.3 Å². The number of benzene rings is 1. The van der Waals surface area contributed by atoms with E-state index < -0.39 is 11.9 Å². The van der Waals surface area contributed by atoms with Crippen LogP contribution in [0.15, 0.2) is 12.1 Å². The smallest absolute Gasteiger partial charge is 0.318 e. The van der Waals surface area contributed by atoms with Crippen molar-refractivity contribution in [1.82, 2.24) is 5.32 Å². The van der Waals surface area contributed by atoms with Crippen molar-refractivity contribution < 1.29 is 19.1 Å². The van der Waals surface area contributed by atoms with Crippen LogP contribution in [0.25, 0.3) is 0 Å². The zero-order chi connectivity index (χ0) is 15.1. The number of anilines is 1. The zero-order valence-corrected chi connectivity index (χ0v) is 11.8. The lowest BCUT2D eigenvalue weighted by Crippen LogP contribution is -2.35. The van der Waals surface area contributed by atoms with E-state index in [1.54, 1.807) is 14.2 Å². The Hall–Kier alpha value is -2.44. The van der Waals surface area contributed by atoms with E-state index in [0.717, 1.165) is 11.3 Å². The summed E-state index contributed by atoms with van der Waals surface area (Å²) in [5.74, 6) is 0.943. The van der Waals surface area contributed by atoms with E-state index in [2.05, 4.69) is 5.32 Å². The van der Waals surface area contributed by atoms with Gasteiger partial charge in [-0.1, -0.05) is 0 Å². The van der Waals surface area contributed by atoms with Gasteiger partial charge in [0.15, 0.2) is 0 Å². The molecule has 1 aromatic carbocycles. The van der Waals surface area contributed by atoms with E-state index in [0.29, 0.717) is 18.0 Å².